The lowest BCUT2D eigenvalue weighted by molar-refractivity contribution is -0.119. The van der Waals surface area contributed by atoms with Gasteiger partial charge in [0.2, 0.25) is 5.91 Å². The Balaban J connectivity index is 1.58. The lowest BCUT2D eigenvalue weighted by Crippen LogP contribution is -2.47. The molecule has 40 heavy (non-hydrogen) atoms. The Kier molecular flexibility index (Phi) is 9.56. The molecule has 212 valence electrons. The first-order chi connectivity index (χ1) is 19.2. The number of carbonyl (C=O) groups excluding carboxylic acids is 2. The highest BCUT2D eigenvalue weighted by Crippen LogP contribution is 2.32. The van der Waals surface area contributed by atoms with Gasteiger partial charge in [-0.3, -0.25) is 9.78 Å². The van der Waals surface area contributed by atoms with Crippen LogP contribution in [-0.4, -0.2) is 54.9 Å². The number of aromatic nitrogens is 1. The van der Waals surface area contributed by atoms with E-state index in [2.05, 4.69) is 15.6 Å². The number of halogens is 3. The fourth-order valence-corrected chi connectivity index (χ4v) is 4.77. The molecule has 2 amide bonds. The average Bonchev–Trinajstić information content (AvgIpc) is 2.93. The van der Waals surface area contributed by atoms with Crippen molar-refractivity contribution in [3.05, 3.63) is 95.1 Å². The van der Waals surface area contributed by atoms with Crippen LogP contribution in [0, 0.1) is 17.5 Å². The Labute approximate surface area is 229 Å². The highest BCUT2D eigenvalue weighted by molar-refractivity contribution is 5.85. The molecular formula is C28H30F3N5O4. The van der Waals surface area contributed by atoms with Crippen LogP contribution >= 0.6 is 0 Å². The number of morpholine rings is 1. The number of rotatable bonds is 11. The second kappa shape index (κ2) is 13.3. The summed E-state index contributed by atoms with van der Waals surface area (Å²) in [6.45, 7) is 0.960. The number of nitrogens with two attached hydrogens (primary N) is 2. The van der Waals surface area contributed by atoms with Crippen molar-refractivity contribution in [1.82, 2.24) is 10.3 Å². The third-order valence-corrected chi connectivity index (χ3v) is 6.67. The molecule has 0 bridgehead atoms. The van der Waals surface area contributed by atoms with Crippen molar-refractivity contribution in [3.8, 4) is 0 Å². The van der Waals surface area contributed by atoms with Gasteiger partial charge in [-0.25, -0.2) is 18.0 Å². The van der Waals surface area contributed by atoms with Gasteiger partial charge in [-0.1, -0.05) is 24.3 Å². The maximum absolute atomic E-state index is 15.0. The molecule has 2 aromatic carbocycles. The molecule has 0 aliphatic carbocycles. The summed E-state index contributed by atoms with van der Waals surface area (Å²) in [6.07, 6.45) is 1.46. The third kappa shape index (κ3) is 7.48. The Bertz CT molecular complexity index is 1260. The predicted octanol–water partition coefficient (Wildman–Crippen LogP) is 2.98. The molecular weight excluding hydrogens is 527 g/mol. The van der Waals surface area contributed by atoms with E-state index < -0.39 is 47.5 Å². The number of carbonyl (C=O) groups is 2. The molecule has 1 fully saturated rings. The van der Waals surface area contributed by atoms with Crippen LogP contribution in [-0.2, 0) is 20.7 Å². The van der Waals surface area contributed by atoms with Gasteiger partial charge in [0.25, 0.3) is 0 Å². The number of pyridine rings is 1. The zero-order valence-corrected chi connectivity index (χ0v) is 21.5. The molecule has 3 atom stereocenters. The van der Waals surface area contributed by atoms with Crippen molar-refractivity contribution < 1.29 is 32.2 Å². The molecule has 12 heteroatoms. The SMILES string of the molecule is NC(=O)OC[C@@H]1CNC[C@@H](CCc2c(F)cncc2N[C@H](C(N)=O)C(c2ccc(F)cc2)c2ccc(F)cc2)O1. The molecule has 4 rings (SSSR count). The summed E-state index contributed by atoms with van der Waals surface area (Å²) >= 11 is 0. The highest BCUT2D eigenvalue weighted by atomic mass is 19.1. The van der Waals surface area contributed by atoms with Crippen molar-refractivity contribution >= 4 is 17.7 Å². The Morgan fingerprint density at radius 2 is 1.57 bits per heavy atom. The number of benzene rings is 2. The zero-order chi connectivity index (χ0) is 28.6. The van der Waals surface area contributed by atoms with Gasteiger partial charge >= 0.3 is 6.09 Å². The fraction of sp³-hybridized carbons (Fsp3) is 0.321. The second-order valence-corrected chi connectivity index (χ2v) is 9.46. The maximum atomic E-state index is 15.0. The van der Waals surface area contributed by atoms with E-state index in [4.69, 9.17) is 20.9 Å². The van der Waals surface area contributed by atoms with E-state index in [9.17, 15) is 18.4 Å². The Hall–Kier alpha value is -4.16. The van der Waals surface area contributed by atoms with Crippen LogP contribution in [0.25, 0.3) is 0 Å². The minimum absolute atomic E-state index is 0.0102. The van der Waals surface area contributed by atoms with E-state index in [-0.39, 0.29) is 30.4 Å². The largest absolute Gasteiger partial charge is 0.447 e. The molecule has 9 nitrogen and oxygen atoms in total. The van der Waals surface area contributed by atoms with E-state index in [0.717, 1.165) is 6.20 Å². The molecule has 2 heterocycles. The number of amides is 2. The highest BCUT2D eigenvalue weighted by Gasteiger charge is 2.31. The summed E-state index contributed by atoms with van der Waals surface area (Å²) in [4.78, 5) is 27.6. The van der Waals surface area contributed by atoms with Crippen LogP contribution in [0.2, 0.25) is 0 Å². The average molecular weight is 558 g/mol. The van der Waals surface area contributed by atoms with Crippen molar-refractivity contribution in [2.45, 2.75) is 37.0 Å². The lowest BCUT2D eigenvalue weighted by Gasteiger charge is -2.31. The molecule has 3 aromatic rings. The first-order valence-electron chi connectivity index (χ1n) is 12.7. The van der Waals surface area contributed by atoms with Gasteiger partial charge in [0.05, 0.1) is 24.2 Å². The van der Waals surface area contributed by atoms with Crippen molar-refractivity contribution in [2.24, 2.45) is 11.5 Å². The standard InChI is InChI=1S/C28H30F3N5O4/c29-18-5-1-16(2-6-18)25(17-3-7-19(30)8-4-17)26(27(32)37)36-24-14-35-13-23(31)22(24)10-9-20-11-34-12-21(40-20)15-39-28(33)38/h1-8,13-14,20-21,25-26,34,36H,9-12,15H2,(H2,32,37)(H2,33,38)/t20-,21+,26+/m1/s1. The Morgan fingerprint density at radius 1 is 0.975 bits per heavy atom. The van der Waals surface area contributed by atoms with E-state index in [0.29, 0.717) is 30.6 Å². The normalized spacial score (nSPS) is 17.8. The van der Waals surface area contributed by atoms with Gasteiger partial charge in [0.15, 0.2) is 0 Å². The number of ether oxygens (including phenoxy) is 2. The van der Waals surface area contributed by atoms with Crippen LogP contribution in [0.1, 0.15) is 29.0 Å². The first kappa shape index (κ1) is 28.8. The van der Waals surface area contributed by atoms with Crippen molar-refractivity contribution in [2.75, 3.05) is 25.0 Å². The Morgan fingerprint density at radius 3 is 2.15 bits per heavy atom. The van der Waals surface area contributed by atoms with Gasteiger partial charge < -0.3 is 31.6 Å². The molecule has 1 aromatic heterocycles. The minimum atomic E-state index is -1.12. The summed E-state index contributed by atoms with van der Waals surface area (Å²) in [5, 5.41) is 6.24. The van der Waals surface area contributed by atoms with Crippen LogP contribution in [0.5, 0.6) is 0 Å². The van der Waals surface area contributed by atoms with Crippen molar-refractivity contribution in [3.63, 3.8) is 0 Å². The molecule has 1 aliphatic rings. The smallest absolute Gasteiger partial charge is 0.404 e. The second-order valence-electron chi connectivity index (χ2n) is 9.46. The fourth-order valence-electron chi connectivity index (χ4n) is 4.77. The van der Waals surface area contributed by atoms with E-state index in [1.54, 1.807) is 0 Å². The predicted molar refractivity (Wildman–Crippen MR) is 141 cm³/mol. The van der Waals surface area contributed by atoms with Gasteiger partial charge in [0, 0.05) is 24.6 Å². The summed E-state index contributed by atoms with van der Waals surface area (Å²) in [5.41, 5.74) is 12.4. The van der Waals surface area contributed by atoms with Gasteiger partial charge in [0.1, 0.15) is 36.2 Å². The quantitative estimate of drug-likeness (QED) is 0.284. The summed E-state index contributed by atoms with van der Waals surface area (Å²) < 4.78 is 53.2. The van der Waals surface area contributed by atoms with Gasteiger partial charge in [-0.15, -0.1) is 0 Å². The topological polar surface area (TPSA) is 142 Å². The van der Waals surface area contributed by atoms with Crippen molar-refractivity contribution in [1.29, 1.82) is 0 Å². The number of anilines is 1. The van der Waals surface area contributed by atoms with Crippen LogP contribution in [0.15, 0.2) is 60.9 Å². The molecule has 6 N–H and O–H groups in total. The molecule has 0 radical (unpaired) electrons. The number of nitrogens with one attached hydrogen (secondary N) is 2. The molecule has 0 unspecified atom stereocenters. The summed E-state index contributed by atoms with van der Waals surface area (Å²) in [5.74, 6) is -3.04. The molecule has 0 spiro atoms. The summed E-state index contributed by atoms with van der Waals surface area (Å²) in [7, 11) is 0. The van der Waals surface area contributed by atoms with Crippen LogP contribution in [0.3, 0.4) is 0 Å². The first-order valence-corrected chi connectivity index (χ1v) is 12.7. The summed E-state index contributed by atoms with van der Waals surface area (Å²) in [6, 6.07) is 9.92. The number of nitrogens with zero attached hydrogens (tertiary/aromatic N) is 1. The zero-order valence-electron chi connectivity index (χ0n) is 21.5. The van der Waals surface area contributed by atoms with Gasteiger partial charge in [-0.05, 0) is 48.2 Å². The van der Waals surface area contributed by atoms with Crippen LogP contribution in [0.4, 0.5) is 23.7 Å². The lowest BCUT2D eigenvalue weighted by atomic mass is 9.84. The third-order valence-electron chi connectivity index (χ3n) is 6.67. The van der Waals surface area contributed by atoms with Gasteiger partial charge in [-0.2, -0.15) is 0 Å². The number of primary amides is 2. The minimum Gasteiger partial charge on any atom is -0.447 e. The van der Waals surface area contributed by atoms with E-state index in [1.165, 1.54) is 54.7 Å². The molecule has 0 saturated carbocycles. The van der Waals surface area contributed by atoms with E-state index >= 15 is 4.39 Å². The number of hydrogen-bond acceptors (Lipinski definition) is 7. The van der Waals surface area contributed by atoms with E-state index in [1.807, 2.05) is 0 Å². The number of hydrogen-bond donors (Lipinski definition) is 4. The maximum Gasteiger partial charge on any atom is 0.404 e. The molecule has 1 aliphatic heterocycles. The molecule has 1 saturated heterocycles. The van der Waals surface area contributed by atoms with Crippen LogP contribution < -0.4 is 22.1 Å². The monoisotopic (exact) mass is 557 g/mol.